The van der Waals surface area contributed by atoms with Crippen LogP contribution in [0.1, 0.15) is 25.5 Å². The molecule has 134 valence electrons. The van der Waals surface area contributed by atoms with Gasteiger partial charge in [0.2, 0.25) is 0 Å². The van der Waals surface area contributed by atoms with Crippen molar-refractivity contribution in [1.29, 1.82) is 0 Å². The summed E-state index contributed by atoms with van der Waals surface area (Å²) < 4.78 is 5.53. The van der Waals surface area contributed by atoms with Crippen LogP contribution in [-0.4, -0.2) is 56.4 Å². The minimum absolute atomic E-state index is 0.327. The first-order chi connectivity index (χ1) is 11.6. The Morgan fingerprint density at radius 1 is 1.38 bits per heavy atom. The largest absolute Gasteiger partial charge is 0.379 e. The van der Waals surface area contributed by atoms with Crippen molar-refractivity contribution in [2.75, 3.05) is 39.4 Å². The molecule has 2 saturated heterocycles. The zero-order valence-corrected chi connectivity index (χ0v) is 15.4. The predicted octanol–water partition coefficient (Wildman–Crippen LogP) is 1.80. The Morgan fingerprint density at radius 3 is 2.83 bits per heavy atom. The molecule has 0 aromatic heterocycles. The molecular weight excluding hydrogens is 324 g/mol. The Balaban J connectivity index is 1.67. The molecule has 2 fully saturated rings. The normalized spacial score (nSPS) is 28.0. The van der Waals surface area contributed by atoms with E-state index in [0.717, 1.165) is 44.4 Å². The lowest BCUT2D eigenvalue weighted by molar-refractivity contribution is 0.0154. The molecular formula is C18H29ClN4O. The lowest BCUT2D eigenvalue weighted by atomic mass is 9.95. The van der Waals surface area contributed by atoms with Gasteiger partial charge in [0, 0.05) is 55.2 Å². The van der Waals surface area contributed by atoms with Gasteiger partial charge >= 0.3 is 0 Å². The molecule has 0 amide bonds. The highest BCUT2D eigenvalue weighted by molar-refractivity contribution is 6.30. The number of morpholine rings is 1. The fraction of sp³-hybridized carbons (Fsp3) is 0.667. The molecule has 1 aromatic carbocycles. The average molecular weight is 353 g/mol. The van der Waals surface area contributed by atoms with E-state index in [2.05, 4.69) is 47.0 Å². The van der Waals surface area contributed by atoms with Crippen LogP contribution in [0.5, 0.6) is 0 Å². The lowest BCUT2D eigenvalue weighted by Crippen LogP contribution is -2.47. The Labute approximate surface area is 150 Å². The van der Waals surface area contributed by atoms with Crippen LogP contribution in [0.25, 0.3) is 0 Å². The summed E-state index contributed by atoms with van der Waals surface area (Å²) >= 11 is 6.23. The summed E-state index contributed by atoms with van der Waals surface area (Å²) in [7, 11) is 0. The predicted molar refractivity (Wildman–Crippen MR) is 98.1 cm³/mol. The zero-order valence-electron chi connectivity index (χ0n) is 14.6. The van der Waals surface area contributed by atoms with Gasteiger partial charge in [-0.3, -0.25) is 15.8 Å². The van der Waals surface area contributed by atoms with Crippen molar-refractivity contribution in [3.8, 4) is 0 Å². The van der Waals surface area contributed by atoms with E-state index in [1.807, 2.05) is 12.1 Å². The van der Waals surface area contributed by atoms with Crippen LogP contribution < -0.4 is 16.2 Å². The second kappa shape index (κ2) is 8.61. The van der Waals surface area contributed by atoms with Crippen LogP contribution in [0.3, 0.4) is 0 Å². The first-order valence-corrected chi connectivity index (χ1v) is 9.32. The number of benzene rings is 1. The molecule has 24 heavy (non-hydrogen) atoms. The van der Waals surface area contributed by atoms with E-state index in [1.165, 1.54) is 5.56 Å². The number of ether oxygens (including phenoxy) is 1. The van der Waals surface area contributed by atoms with Crippen LogP contribution in [0.15, 0.2) is 24.3 Å². The maximum atomic E-state index is 6.23. The van der Waals surface area contributed by atoms with Crippen molar-refractivity contribution >= 4 is 11.6 Å². The average Bonchev–Trinajstić information content (AvgIpc) is 3.02. The molecule has 4 atom stereocenters. The van der Waals surface area contributed by atoms with Crippen LogP contribution >= 0.6 is 11.6 Å². The molecule has 0 spiro atoms. The highest BCUT2D eigenvalue weighted by Gasteiger charge is 2.29. The van der Waals surface area contributed by atoms with E-state index in [-0.39, 0.29) is 0 Å². The van der Waals surface area contributed by atoms with Gasteiger partial charge in [-0.2, -0.15) is 0 Å². The van der Waals surface area contributed by atoms with E-state index < -0.39 is 0 Å². The summed E-state index contributed by atoms with van der Waals surface area (Å²) in [5.41, 5.74) is 7.84. The highest BCUT2D eigenvalue weighted by atomic mass is 35.5. The van der Waals surface area contributed by atoms with Gasteiger partial charge in [0.25, 0.3) is 0 Å². The summed E-state index contributed by atoms with van der Waals surface area (Å²) in [4.78, 5) is 2.50. The lowest BCUT2D eigenvalue weighted by Gasteiger charge is -2.36. The summed E-state index contributed by atoms with van der Waals surface area (Å²) in [6, 6.07) is 9.52. The zero-order chi connectivity index (χ0) is 16.9. The maximum Gasteiger partial charge on any atom is 0.0594 e. The second-order valence-electron chi connectivity index (χ2n) is 6.89. The van der Waals surface area contributed by atoms with E-state index in [9.17, 15) is 0 Å². The molecule has 3 N–H and O–H groups in total. The molecule has 6 heteroatoms. The number of hydrogen-bond acceptors (Lipinski definition) is 5. The number of hydrazine groups is 1. The molecule has 5 nitrogen and oxygen atoms in total. The van der Waals surface area contributed by atoms with Gasteiger partial charge in [0.05, 0.1) is 13.2 Å². The molecule has 0 bridgehead atoms. The standard InChI is InChI=1S/C18H29ClN4O/c1-13(17-11-21-22-14(17)2)20-12-18(23-6-8-24-9-7-23)15-4-3-5-16(19)10-15/h3-5,10,13-14,17-18,20-22H,6-9,11-12H2,1-2H3. The van der Waals surface area contributed by atoms with Gasteiger partial charge in [0.1, 0.15) is 0 Å². The van der Waals surface area contributed by atoms with Crippen molar-refractivity contribution in [3.63, 3.8) is 0 Å². The molecule has 2 aliphatic rings. The third kappa shape index (κ3) is 4.48. The summed E-state index contributed by atoms with van der Waals surface area (Å²) in [5, 5.41) is 4.57. The highest BCUT2D eigenvalue weighted by Crippen LogP contribution is 2.24. The Morgan fingerprint density at radius 2 is 2.17 bits per heavy atom. The number of nitrogens with one attached hydrogen (secondary N) is 3. The van der Waals surface area contributed by atoms with Crippen LogP contribution in [-0.2, 0) is 4.74 Å². The fourth-order valence-corrected chi connectivity index (χ4v) is 3.94. The third-order valence-corrected chi connectivity index (χ3v) is 5.54. The van der Waals surface area contributed by atoms with Gasteiger partial charge in [-0.25, -0.2) is 0 Å². The Hall–Kier alpha value is -0.690. The Bertz CT molecular complexity index is 523. The van der Waals surface area contributed by atoms with E-state index in [1.54, 1.807) is 0 Å². The van der Waals surface area contributed by atoms with Crippen molar-refractivity contribution in [1.82, 2.24) is 21.1 Å². The van der Waals surface area contributed by atoms with E-state index in [0.29, 0.717) is 24.0 Å². The van der Waals surface area contributed by atoms with E-state index >= 15 is 0 Å². The third-order valence-electron chi connectivity index (χ3n) is 5.31. The minimum atomic E-state index is 0.327. The van der Waals surface area contributed by atoms with E-state index in [4.69, 9.17) is 16.3 Å². The first kappa shape index (κ1) is 18.1. The van der Waals surface area contributed by atoms with Gasteiger partial charge in [0.15, 0.2) is 0 Å². The van der Waals surface area contributed by atoms with Crippen LogP contribution in [0.2, 0.25) is 5.02 Å². The number of halogens is 1. The molecule has 4 unspecified atom stereocenters. The van der Waals surface area contributed by atoms with Crippen LogP contribution in [0, 0.1) is 5.92 Å². The number of hydrogen-bond donors (Lipinski definition) is 3. The monoisotopic (exact) mass is 352 g/mol. The Kier molecular flexibility index (Phi) is 6.49. The van der Waals surface area contributed by atoms with Gasteiger partial charge in [-0.15, -0.1) is 0 Å². The summed E-state index contributed by atoms with van der Waals surface area (Å²) in [6.45, 7) is 10.00. The minimum Gasteiger partial charge on any atom is -0.379 e. The quantitative estimate of drug-likeness (QED) is 0.729. The molecule has 3 rings (SSSR count). The SMILES string of the molecule is CC(NCC(c1cccc(Cl)c1)N1CCOCC1)C1CNNC1C. The molecule has 0 aliphatic carbocycles. The summed E-state index contributed by atoms with van der Waals surface area (Å²) in [6.07, 6.45) is 0. The molecule has 2 heterocycles. The molecule has 0 saturated carbocycles. The molecule has 2 aliphatic heterocycles. The van der Waals surface area contributed by atoms with Crippen LogP contribution in [0.4, 0.5) is 0 Å². The smallest absolute Gasteiger partial charge is 0.0594 e. The summed E-state index contributed by atoms with van der Waals surface area (Å²) in [5.74, 6) is 0.592. The number of nitrogens with zero attached hydrogens (tertiary/aromatic N) is 1. The van der Waals surface area contributed by atoms with Crippen molar-refractivity contribution in [2.45, 2.75) is 32.0 Å². The van der Waals surface area contributed by atoms with Crippen molar-refractivity contribution in [2.24, 2.45) is 5.92 Å². The van der Waals surface area contributed by atoms with Gasteiger partial charge in [-0.1, -0.05) is 23.7 Å². The number of rotatable bonds is 6. The van der Waals surface area contributed by atoms with Gasteiger partial charge in [-0.05, 0) is 31.5 Å². The van der Waals surface area contributed by atoms with Gasteiger partial charge < -0.3 is 10.1 Å². The van der Waals surface area contributed by atoms with Crippen molar-refractivity contribution < 1.29 is 4.74 Å². The maximum absolute atomic E-state index is 6.23. The molecule has 1 aromatic rings. The second-order valence-corrected chi connectivity index (χ2v) is 7.33. The topological polar surface area (TPSA) is 48.6 Å². The fourth-order valence-electron chi connectivity index (χ4n) is 3.74. The molecule has 0 radical (unpaired) electrons. The van der Waals surface area contributed by atoms with Crippen molar-refractivity contribution in [3.05, 3.63) is 34.9 Å². The first-order valence-electron chi connectivity index (χ1n) is 8.94.